The molecule has 186 valence electrons. The number of alkyl halides is 3. The lowest BCUT2D eigenvalue weighted by molar-refractivity contribution is -0.274. The van der Waals surface area contributed by atoms with Crippen molar-refractivity contribution < 1.29 is 37.3 Å². The Bertz CT molecular complexity index is 1130. The molecule has 0 saturated carbocycles. The highest BCUT2D eigenvalue weighted by molar-refractivity contribution is 7.09. The topological polar surface area (TPSA) is 102 Å². The molecule has 0 aliphatic heterocycles. The number of aliphatic hydroxyl groups excluding tert-OH is 1. The Kier molecular flexibility index (Phi) is 9.04. The lowest BCUT2D eigenvalue weighted by Crippen LogP contribution is -2.26. The Labute approximate surface area is 203 Å². The summed E-state index contributed by atoms with van der Waals surface area (Å²) in [6.45, 7) is -0.0503. The van der Waals surface area contributed by atoms with Gasteiger partial charge < -0.3 is 24.6 Å². The van der Waals surface area contributed by atoms with Gasteiger partial charge in [-0.3, -0.25) is 4.79 Å². The number of nitrogens with one attached hydrogen (secondary N) is 1. The van der Waals surface area contributed by atoms with Crippen molar-refractivity contribution in [3.05, 3.63) is 70.2 Å². The van der Waals surface area contributed by atoms with Gasteiger partial charge in [0.1, 0.15) is 34.6 Å². The van der Waals surface area contributed by atoms with Crippen LogP contribution in [0.15, 0.2) is 58.9 Å². The fourth-order valence-electron chi connectivity index (χ4n) is 2.81. The predicted octanol–water partition coefficient (Wildman–Crippen LogP) is 3.99. The zero-order valence-corrected chi connectivity index (χ0v) is 19.4. The van der Waals surface area contributed by atoms with E-state index in [1.807, 2.05) is 24.3 Å². The largest absolute Gasteiger partial charge is 0.573 e. The van der Waals surface area contributed by atoms with E-state index in [2.05, 4.69) is 20.0 Å². The molecule has 0 unspecified atom stereocenters. The molecule has 1 amide bonds. The van der Waals surface area contributed by atoms with E-state index >= 15 is 0 Å². The normalized spacial score (nSPS) is 11.7. The Morgan fingerprint density at radius 3 is 2.37 bits per heavy atom. The number of methoxy groups -OCH3 is 1. The lowest BCUT2D eigenvalue weighted by Gasteiger charge is -2.10. The molecule has 0 bridgehead atoms. The van der Waals surface area contributed by atoms with Crippen LogP contribution in [0, 0.1) is 0 Å². The molecule has 3 rings (SSSR count). The number of halogens is 3. The van der Waals surface area contributed by atoms with Crippen LogP contribution in [0.4, 0.5) is 13.2 Å². The standard InChI is InChI=1S/C23H22F3N3O5S/c1-32-16-4-2-15(3-5-16)10-11-27-22(31)19-14-35-21(29-19)12-28-20(13-30)33-17-6-8-18(9-7-17)34-23(24,25)26/h2-9,14,30H,10-13H2,1H3,(H,27,31). The second-order valence-electron chi connectivity index (χ2n) is 6.97. The van der Waals surface area contributed by atoms with Gasteiger partial charge in [-0.15, -0.1) is 24.5 Å². The molecule has 1 aromatic heterocycles. The highest BCUT2D eigenvalue weighted by atomic mass is 32.1. The quantitative estimate of drug-likeness (QED) is 0.317. The third-order valence-electron chi connectivity index (χ3n) is 4.46. The zero-order chi connectivity index (χ0) is 25.3. The van der Waals surface area contributed by atoms with E-state index in [0.717, 1.165) is 23.4 Å². The molecule has 0 saturated heterocycles. The smallest absolute Gasteiger partial charge is 0.497 e. The molecule has 8 nitrogen and oxygen atoms in total. The number of nitrogens with zero attached hydrogens (tertiary/aromatic N) is 2. The number of aliphatic imine (C=N–C) groups is 1. The minimum absolute atomic E-state index is 0.0506. The molecule has 0 atom stereocenters. The maximum absolute atomic E-state index is 12.3. The van der Waals surface area contributed by atoms with Crippen LogP contribution in [0.2, 0.25) is 0 Å². The zero-order valence-electron chi connectivity index (χ0n) is 18.5. The third-order valence-corrected chi connectivity index (χ3v) is 5.30. The SMILES string of the molecule is COc1ccc(CCNC(=O)c2csc(CN=C(CO)Oc3ccc(OC(F)(F)F)cc3)n2)cc1. The van der Waals surface area contributed by atoms with Crippen LogP contribution in [0.1, 0.15) is 21.1 Å². The Balaban J connectivity index is 1.49. The minimum atomic E-state index is -4.79. The van der Waals surface area contributed by atoms with Gasteiger partial charge in [-0.2, -0.15) is 0 Å². The van der Waals surface area contributed by atoms with Gasteiger partial charge in [0, 0.05) is 11.9 Å². The maximum atomic E-state index is 12.3. The average Bonchev–Trinajstić information content (AvgIpc) is 3.31. The number of hydrogen-bond donors (Lipinski definition) is 2. The minimum Gasteiger partial charge on any atom is -0.497 e. The van der Waals surface area contributed by atoms with Gasteiger partial charge in [0.05, 0.1) is 13.7 Å². The van der Waals surface area contributed by atoms with Crippen molar-refractivity contribution in [3.8, 4) is 17.2 Å². The van der Waals surface area contributed by atoms with Gasteiger partial charge in [-0.1, -0.05) is 12.1 Å². The Morgan fingerprint density at radius 1 is 1.09 bits per heavy atom. The lowest BCUT2D eigenvalue weighted by atomic mass is 10.1. The van der Waals surface area contributed by atoms with Crippen LogP contribution >= 0.6 is 11.3 Å². The van der Waals surface area contributed by atoms with Crippen LogP contribution in [0.25, 0.3) is 0 Å². The molecule has 0 radical (unpaired) electrons. The van der Waals surface area contributed by atoms with Crippen LogP contribution < -0.4 is 19.5 Å². The number of aliphatic hydroxyl groups is 1. The van der Waals surface area contributed by atoms with Gasteiger partial charge in [-0.05, 0) is 48.4 Å². The van der Waals surface area contributed by atoms with E-state index < -0.39 is 18.7 Å². The third kappa shape index (κ3) is 8.58. The fourth-order valence-corrected chi connectivity index (χ4v) is 3.50. The molecule has 0 spiro atoms. The van der Waals surface area contributed by atoms with Crippen molar-refractivity contribution in [2.45, 2.75) is 19.3 Å². The number of rotatable bonds is 10. The van der Waals surface area contributed by atoms with Gasteiger partial charge in [-0.25, -0.2) is 9.98 Å². The molecule has 0 aliphatic rings. The summed E-state index contributed by atoms with van der Waals surface area (Å²) in [6.07, 6.45) is -4.14. The number of benzene rings is 2. The molecular formula is C23H22F3N3O5S. The molecular weight excluding hydrogens is 487 g/mol. The molecule has 0 aliphatic carbocycles. The van der Waals surface area contributed by atoms with E-state index in [1.165, 1.54) is 23.5 Å². The van der Waals surface area contributed by atoms with E-state index in [-0.39, 0.29) is 29.8 Å². The van der Waals surface area contributed by atoms with Gasteiger partial charge >= 0.3 is 6.36 Å². The van der Waals surface area contributed by atoms with Crippen LogP contribution in [-0.2, 0) is 13.0 Å². The number of aromatic nitrogens is 1. The highest BCUT2D eigenvalue weighted by Gasteiger charge is 2.31. The molecule has 12 heteroatoms. The first-order valence-corrected chi connectivity index (χ1v) is 11.2. The summed E-state index contributed by atoms with van der Waals surface area (Å²) in [5, 5.41) is 14.4. The monoisotopic (exact) mass is 509 g/mol. The van der Waals surface area contributed by atoms with Crippen molar-refractivity contribution in [2.75, 3.05) is 20.3 Å². The van der Waals surface area contributed by atoms with Crippen molar-refractivity contribution in [1.29, 1.82) is 0 Å². The van der Waals surface area contributed by atoms with Crippen LogP contribution in [0.5, 0.6) is 17.2 Å². The Morgan fingerprint density at radius 2 is 1.74 bits per heavy atom. The highest BCUT2D eigenvalue weighted by Crippen LogP contribution is 2.25. The number of carbonyl (C=O) groups is 1. The molecule has 0 fully saturated rings. The fraction of sp³-hybridized carbons (Fsp3) is 0.261. The summed E-state index contributed by atoms with van der Waals surface area (Å²) in [7, 11) is 1.60. The molecule has 2 aromatic carbocycles. The van der Waals surface area contributed by atoms with Crippen molar-refractivity contribution in [2.24, 2.45) is 4.99 Å². The summed E-state index contributed by atoms with van der Waals surface area (Å²) in [6, 6.07) is 12.2. The van der Waals surface area contributed by atoms with Crippen molar-refractivity contribution >= 4 is 23.1 Å². The van der Waals surface area contributed by atoms with Crippen molar-refractivity contribution in [1.82, 2.24) is 10.3 Å². The second-order valence-corrected chi connectivity index (χ2v) is 7.91. The predicted molar refractivity (Wildman–Crippen MR) is 123 cm³/mol. The average molecular weight is 510 g/mol. The molecule has 35 heavy (non-hydrogen) atoms. The molecule has 1 heterocycles. The number of amides is 1. The van der Waals surface area contributed by atoms with E-state index in [0.29, 0.717) is 18.0 Å². The van der Waals surface area contributed by atoms with Crippen molar-refractivity contribution in [3.63, 3.8) is 0 Å². The molecule has 2 N–H and O–H groups in total. The van der Waals surface area contributed by atoms with E-state index in [4.69, 9.17) is 9.47 Å². The summed E-state index contributed by atoms with van der Waals surface area (Å²) in [5.74, 6) is 0.159. The summed E-state index contributed by atoms with van der Waals surface area (Å²) in [5.41, 5.74) is 1.31. The first-order chi connectivity index (χ1) is 16.8. The van der Waals surface area contributed by atoms with Crippen LogP contribution in [0.3, 0.4) is 0 Å². The first kappa shape index (κ1) is 26.0. The number of thiazole rings is 1. The summed E-state index contributed by atoms with van der Waals surface area (Å²) < 4.78 is 51.0. The van der Waals surface area contributed by atoms with E-state index in [1.54, 1.807) is 12.5 Å². The maximum Gasteiger partial charge on any atom is 0.573 e. The van der Waals surface area contributed by atoms with Gasteiger partial charge in [0.15, 0.2) is 0 Å². The number of hydrogen-bond acceptors (Lipinski definition) is 8. The second kappa shape index (κ2) is 12.2. The molecule has 3 aromatic rings. The number of ether oxygens (including phenoxy) is 3. The van der Waals surface area contributed by atoms with E-state index in [9.17, 15) is 23.1 Å². The first-order valence-electron chi connectivity index (χ1n) is 10.3. The Hall–Kier alpha value is -3.64. The number of carbonyl (C=O) groups excluding carboxylic acids is 1. The summed E-state index contributed by atoms with van der Waals surface area (Å²) in [4.78, 5) is 20.7. The van der Waals surface area contributed by atoms with Gasteiger partial charge in [0.2, 0.25) is 5.90 Å². The van der Waals surface area contributed by atoms with Gasteiger partial charge in [0.25, 0.3) is 5.91 Å². The summed E-state index contributed by atoms with van der Waals surface area (Å²) >= 11 is 1.22. The van der Waals surface area contributed by atoms with Crippen LogP contribution in [-0.4, -0.2) is 48.5 Å².